The van der Waals surface area contributed by atoms with Crippen LogP contribution in [0.4, 0.5) is 10.1 Å². The Bertz CT molecular complexity index is 692. The fourth-order valence-corrected chi connectivity index (χ4v) is 2.04. The van der Waals surface area contributed by atoms with E-state index in [0.717, 1.165) is 12.1 Å². The number of rotatable bonds is 3. The topological polar surface area (TPSA) is 78.3 Å². The number of benzene rings is 2. The van der Waals surface area contributed by atoms with Crippen LogP contribution >= 0.6 is 23.2 Å². The second-order valence-corrected chi connectivity index (χ2v) is 4.73. The number of nitrogen functional groups attached to an aromatic ring is 1. The molecular formula is C13H9Cl2FN2O2. The van der Waals surface area contributed by atoms with Crippen LogP contribution in [0.15, 0.2) is 30.3 Å². The highest BCUT2D eigenvalue weighted by atomic mass is 35.5. The minimum Gasteiger partial charge on any atom is -0.453 e. The van der Waals surface area contributed by atoms with Gasteiger partial charge in [0.15, 0.2) is 5.75 Å². The number of carbonyl (C=O) groups is 1. The van der Waals surface area contributed by atoms with Crippen molar-refractivity contribution >= 4 is 34.8 Å². The van der Waals surface area contributed by atoms with Gasteiger partial charge in [-0.1, -0.05) is 23.2 Å². The van der Waals surface area contributed by atoms with E-state index >= 15 is 0 Å². The summed E-state index contributed by atoms with van der Waals surface area (Å²) in [6.07, 6.45) is 0. The number of ether oxygens (including phenoxy) is 1. The van der Waals surface area contributed by atoms with Crippen LogP contribution < -0.4 is 16.2 Å². The molecule has 20 heavy (non-hydrogen) atoms. The van der Waals surface area contributed by atoms with Gasteiger partial charge in [0.25, 0.3) is 5.91 Å². The van der Waals surface area contributed by atoms with E-state index in [1.54, 1.807) is 0 Å². The first-order valence-corrected chi connectivity index (χ1v) is 6.16. The number of nitrogens with two attached hydrogens (primary N) is 2. The predicted molar refractivity (Wildman–Crippen MR) is 75.9 cm³/mol. The zero-order chi connectivity index (χ0) is 14.9. The number of carbonyl (C=O) groups excluding carboxylic acids is 1. The molecule has 2 rings (SSSR count). The Morgan fingerprint density at radius 1 is 1.15 bits per heavy atom. The van der Waals surface area contributed by atoms with Gasteiger partial charge in [-0.3, -0.25) is 4.79 Å². The van der Waals surface area contributed by atoms with E-state index in [1.165, 1.54) is 18.2 Å². The highest BCUT2D eigenvalue weighted by molar-refractivity contribution is 6.33. The monoisotopic (exact) mass is 314 g/mol. The van der Waals surface area contributed by atoms with Crippen molar-refractivity contribution in [1.82, 2.24) is 0 Å². The lowest BCUT2D eigenvalue weighted by Gasteiger charge is -2.13. The average molecular weight is 315 g/mol. The van der Waals surface area contributed by atoms with Crippen LogP contribution in [0.3, 0.4) is 0 Å². The van der Waals surface area contributed by atoms with Crippen LogP contribution in [-0.2, 0) is 0 Å². The van der Waals surface area contributed by atoms with Crippen molar-refractivity contribution in [3.8, 4) is 11.5 Å². The second kappa shape index (κ2) is 5.56. The summed E-state index contributed by atoms with van der Waals surface area (Å²) in [5.41, 5.74) is 11.1. The fourth-order valence-electron chi connectivity index (χ4n) is 1.57. The molecule has 7 heteroatoms. The Kier molecular flexibility index (Phi) is 4.01. The number of anilines is 1. The minimum atomic E-state index is -0.757. The molecule has 1 amide bonds. The number of hydrogen-bond acceptors (Lipinski definition) is 3. The van der Waals surface area contributed by atoms with Gasteiger partial charge in [0.1, 0.15) is 11.6 Å². The van der Waals surface area contributed by atoms with E-state index in [2.05, 4.69) is 0 Å². The quantitative estimate of drug-likeness (QED) is 0.849. The predicted octanol–water partition coefficient (Wildman–Crippen LogP) is 3.61. The maximum absolute atomic E-state index is 13.0. The van der Waals surface area contributed by atoms with Crippen LogP contribution in [-0.4, -0.2) is 5.91 Å². The Labute approximate surface area is 124 Å². The van der Waals surface area contributed by atoms with Gasteiger partial charge in [0, 0.05) is 5.69 Å². The summed E-state index contributed by atoms with van der Waals surface area (Å²) in [4.78, 5) is 11.4. The Balaban J connectivity index is 2.50. The maximum Gasteiger partial charge on any atom is 0.252 e. The molecule has 0 fully saturated rings. The lowest BCUT2D eigenvalue weighted by molar-refractivity contribution is 0.0998. The molecule has 0 bridgehead atoms. The lowest BCUT2D eigenvalue weighted by Crippen LogP contribution is -2.13. The van der Waals surface area contributed by atoms with Crippen LogP contribution in [0.2, 0.25) is 10.0 Å². The first kappa shape index (κ1) is 14.4. The summed E-state index contributed by atoms with van der Waals surface area (Å²) in [5, 5.41) is 0.132. The third kappa shape index (κ3) is 2.95. The Morgan fingerprint density at radius 2 is 1.85 bits per heavy atom. The zero-order valence-corrected chi connectivity index (χ0v) is 11.5. The van der Waals surface area contributed by atoms with Crippen LogP contribution in [0.1, 0.15) is 10.4 Å². The van der Waals surface area contributed by atoms with E-state index in [-0.39, 0.29) is 32.8 Å². The summed E-state index contributed by atoms with van der Waals surface area (Å²) in [6, 6.07) is 6.29. The number of halogens is 3. The molecule has 2 aromatic rings. The van der Waals surface area contributed by atoms with Gasteiger partial charge in [-0.15, -0.1) is 0 Å². The SMILES string of the molecule is NC(=O)c1cc(N)cc(Cl)c1Oc1ccc(F)cc1Cl. The first-order chi connectivity index (χ1) is 9.38. The highest BCUT2D eigenvalue weighted by Gasteiger charge is 2.17. The van der Waals surface area contributed by atoms with E-state index < -0.39 is 11.7 Å². The van der Waals surface area contributed by atoms with Crippen molar-refractivity contribution in [2.75, 3.05) is 5.73 Å². The van der Waals surface area contributed by atoms with Gasteiger partial charge in [0.05, 0.1) is 15.6 Å². The van der Waals surface area contributed by atoms with Crippen molar-refractivity contribution in [2.45, 2.75) is 0 Å². The van der Waals surface area contributed by atoms with E-state index in [1.807, 2.05) is 0 Å². The molecule has 0 saturated carbocycles. The lowest BCUT2D eigenvalue weighted by atomic mass is 10.1. The van der Waals surface area contributed by atoms with Crippen LogP contribution in [0.25, 0.3) is 0 Å². The average Bonchev–Trinajstić information content (AvgIpc) is 2.34. The second-order valence-electron chi connectivity index (χ2n) is 3.92. The van der Waals surface area contributed by atoms with Gasteiger partial charge in [0.2, 0.25) is 0 Å². The molecule has 0 unspecified atom stereocenters. The normalized spacial score (nSPS) is 10.3. The van der Waals surface area contributed by atoms with Crippen LogP contribution in [0.5, 0.6) is 11.5 Å². The Hall–Kier alpha value is -1.98. The standard InChI is InChI=1S/C13H9Cl2FN2O2/c14-9-3-6(16)1-2-11(9)20-12-8(13(18)19)4-7(17)5-10(12)15/h1-5H,17H2,(H2,18,19). The third-order valence-electron chi connectivity index (χ3n) is 2.44. The summed E-state index contributed by atoms with van der Waals surface area (Å²) in [5.74, 6) is -1.11. The maximum atomic E-state index is 13.0. The smallest absolute Gasteiger partial charge is 0.252 e. The number of primary amides is 1. The van der Waals surface area contributed by atoms with Gasteiger partial charge in [-0.25, -0.2) is 4.39 Å². The third-order valence-corrected chi connectivity index (χ3v) is 3.01. The number of amides is 1. The summed E-state index contributed by atoms with van der Waals surface area (Å²) < 4.78 is 18.4. The molecule has 2 aromatic carbocycles. The molecule has 0 saturated heterocycles. The van der Waals surface area contributed by atoms with Crippen molar-refractivity contribution in [3.63, 3.8) is 0 Å². The van der Waals surface area contributed by atoms with Gasteiger partial charge in [-0.2, -0.15) is 0 Å². The summed E-state index contributed by atoms with van der Waals surface area (Å²) in [7, 11) is 0. The summed E-state index contributed by atoms with van der Waals surface area (Å²) >= 11 is 11.8. The van der Waals surface area contributed by atoms with E-state index in [4.69, 9.17) is 39.4 Å². The van der Waals surface area contributed by atoms with Crippen molar-refractivity contribution in [1.29, 1.82) is 0 Å². The number of hydrogen-bond donors (Lipinski definition) is 2. The van der Waals surface area contributed by atoms with Crippen molar-refractivity contribution in [3.05, 3.63) is 51.8 Å². The molecule has 0 atom stereocenters. The van der Waals surface area contributed by atoms with Crippen molar-refractivity contribution < 1.29 is 13.9 Å². The molecular weight excluding hydrogens is 306 g/mol. The first-order valence-electron chi connectivity index (χ1n) is 5.40. The molecule has 0 radical (unpaired) electrons. The van der Waals surface area contributed by atoms with Crippen molar-refractivity contribution in [2.24, 2.45) is 5.73 Å². The highest BCUT2D eigenvalue weighted by Crippen LogP contribution is 2.37. The molecule has 4 N–H and O–H groups in total. The molecule has 4 nitrogen and oxygen atoms in total. The fraction of sp³-hybridized carbons (Fsp3) is 0. The van der Waals surface area contributed by atoms with E-state index in [9.17, 15) is 9.18 Å². The molecule has 0 aliphatic heterocycles. The molecule has 0 aromatic heterocycles. The largest absolute Gasteiger partial charge is 0.453 e. The molecule has 0 heterocycles. The zero-order valence-electron chi connectivity index (χ0n) is 9.99. The Morgan fingerprint density at radius 3 is 2.45 bits per heavy atom. The van der Waals surface area contributed by atoms with E-state index in [0.29, 0.717) is 0 Å². The molecule has 0 spiro atoms. The van der Waals surface area contributed by atoms with Crippen LogP contribution in [0, 0.1) is 5.82 Å². The minimum absolute atomic E-state index is 0.00962. The molecule has 0 aliphatic rings. The summed E-state index contributed by atoms with van der Waals surface area (Å²) in [6.45, 7) is 0. The van der Waals surface area contributed by atoms with Gasteiger partial charge in [-0.05, 0) is 30.3 Å². The van der Waals surface area contributed by atoms with Gasteiger partial charge < -0.3 is 16.2 Å². The molecule has 0 aliphatic carbocycles. The van der Waals surface area contributed by atoms with Gasteiger partial charge >= 0.3 is 0 Å². The molecule has 104 valence electrons.